The molecule has 0 aliphatic carbocycles. The number of alkyl halides is 3. The number of aliphatic hydroxyl groups is 1. The van der Waals surface area contributed by atoms with E-state index in [4.69, 9.17) is 5.11 Å². The summed E-state index contributed by atoms with van der Waals surface area (Å²) in [6.45, 7) is -0.642. The van der Waals surface area contributed by atoms with Crippen LogP contribution in [-0.2, 0) is 0 Å². The standard InChI is InChI=1S/C8H7Br2F3N2O/c9-4-1-5(10)7(14-2-4)15-3-6(16)8(11,12)13/h1-2,6,16H,3H2,(H,14,15). The molecule has 0 spiro atoms. The van der Waals surface area contributed by atoms with Crippen LogP contribution >= 0.6 is 31.9 Å². The molecule has 0 bridgehead atoms. The van der Waals surface area contributed by atoms with Crippen molar-refractivity contribution in [3.8, 4) is 0 Å². The fourth-order valence-electron chi connectivity index (χ4n) is 0.854. The molecule has 1 unspecified atom stereocenters. The second-order valence-electron chi connectivity index (χ2n) is 2.92. The summed E-state index contributed by atoms with van der Waals surface area (Å²) in [5.74, 6) is 0.242. The Hall–Kier alpha value is -0.340. The molecule has 1 aromatic heterocycles. The second kappa shape index (κ2) is 5.33. The normalized spacial score (nSPS) is 13.6. The molecule has 16 heavy (non-hydrogen) atoms. The second-order valence-corrected chi connectivity index (χ2v) is 4.69. The third kappa shape index (κ3) is 3.91. The molecular formula is C8H7Br2F3N2O. The molecule has 2 N–H and O–H groups in total. The summed E-state index contributed by atoms with van der Waals surface area (Å²) in [5, 5.41) is 11.2. The Morgan fingerprint density at radius 2 is 2.06 bits per heavy atom. The topological polar surface area (TPSA) is 45.1 Å². The number of pyridine rings is 1. The zero-order valence-electron chi connectivity index (χ0n) is 7.72. The molecule has 0 saturated heterocycles. The molecule has 0 radical (unpaired) electrons. The van der Waals surface area contributed by atoms with Gasteiger partial charge in [0.15, 0.2) is 6.10 Å². The SMILES string of the molecule is OC(CNc1ncc(Br)cc1Br)C(F)(F)F. The molecule has 0 saturated carbocycles. The van der Waals surface area contributed by atoms with Gasteiger partial charge in [-0.3, -0.25) is 0 Å². The summed E-state index contributed by atoms with van der Waals surface area (Å²) in [6, 6.07) is 1.63. The van der Waals surface area contributed by atoms with Gasteiger partial charge in [-0.25, -0.2) is 4.98 Å². The maximum absolute atomic E-state index is 12.0. The molecule has 3 nitrogen and oxygen atoms in total. The highest BCUT2D eigenvalue weighted by Gasteiger charge is 2.37. The van der Waals surface area contributed by atoms with Crippen LogP contribution in [-0.4, -0.2) is 28.9 Å². The smallest absolute Gasteiger partial charge is 0.382 e. The molecule has 1 aromatic rings. The molecule has 0 aliphatic rings. The van der Waals surface area contributed by atoms with Crippen LogP contribution in [0.25, 0.3) is 0 Å². The molecule has 0 aliphatic heterocycles. The number of nitrogens with zero attached hydrogens (tertiary/aromatic N) is 1. The van der Waals surface area contributed by atoms with Gasteiger partial charge in [0.05, 0.1) is 11.0 Å². The Morgan fingerprint density at radius 1 is 1.44 bits per heavy atom. The number of hydrogen-bond donors (Lipinski definition) is 2. The van der Waals surface area contributed by atoms with Gasteiger partial charge in [0.1, 0.15) is 5.82 Å². The Morgan fingerprint density at radius 3 is 2.56 bits per heavy atom. The lowest BCUT2D eigenvalue weighted by molar-refractivity contribution is -0.198. The number of hydrogen-bond acceptors (Lipinski definition) is 3. The summed E-state index contributed by atoms with van der Waals surface area (Å²) in [5.41, 5.74) is 0. The average Bonchev–Trinajstić information content (AvgIpc) is 2.14. The summed E-state index contributed by atoms with van der Waals surface area (Å²) in [4.78, 5) is 3.85. The lowest BCUT2D eigenvalue weighted by Gasteiger charge is -2.15. The summed E-state index contributed by atoms with van der Waals surface area (Å²) in [6.07, 6.45) is -5.60. The van der Waals surface area contributed by atoms with Gasteiger partial charge in [0.25, 0.3) is 0 Å². The Kier molecular flexibility index (Phi) is 4.57. The van der Waals surface area contributed by atoms with Gasteiger partial charge in [-0.1, -0.05) is 0 Å². The van der Waals surface area contributed by atoms with E-state index in [0.717, 1.165) is 0 Å². The first kappa shape index (κ1) is 13.7. The first-order chi connectivity index (χ1) is 7.30. The summed E-state index contributed by atoms with van der Waals surface area (Å²) in [7, 11) is 0. The summed E-state index contributed by atoms with van der Waals surface area (Å²) < 4.78 is 37.2. The Balaban J connectivity index is 2.62. The molecular weight excluding hydrogens is 357 g/mol. The van der Waals surface area contributed by atoms with Crippen molar-refractivity contribution in [3.63, 3.8) is 0 Å². The van der Waals surface area contributed by atoms with Crippen molar-refractivity contribution >= 4 is 37.7 Å². The van der Waals surface area contributed by atoms with Crippen molar-refractivity contribution in [2.75, 3.05) is 11.9 Å². The van der Waals surface area contributed by atoms with Crippen LogP contribution in [0.5, 0.6) is 0 Å². The molecule has 1 heterocycles. The number of nitrogens with one attached hydrogen (secondary N) is 1. The first-order valence-electron chi connectivity index (χ1n) is 4.10. The lowest BCUT2D eigenvalue weighted by atomic mass is 10.3. The minimum Gasteiger partial charge on any atom is -0.382 e. The molecule has 0 fully saturated rings. The quantitative estimate of drug-likeness (QED) is 0.867. The largest absolute Gasteiger partial charge is 0.416 e. The predicted octanol–water partition coefficient (Wildman–Crippen LogP) is 2.94. The molecule has 1 rings (SSSR count). The molecule has 90 valence electrons. The number of rotatable bonds is 3. The fraction of sp³-hybridized carbons (Fsp3) is 0.375. The number of aromatic nitrogens is 1. The van der Waals surface area contributed by atoms with E-state index in [1.165, 1.54) is 6.20 Å². The molecule has 0 aromatic carbocycles. The van der Waals surface area contributed by atoms with Crippen LogP contribution in [0.3, 0.4) is 0 Å². The van der Waals surface area contributed by atoms with Crippen LogP contribution in [0.1, 0.15) is 0 Å². The van der Waals surface area contributed by atoms with E-state index < -0.39 is 18.8 Å². The van der Waals surface area contributed by atoms with Gasteiger partial charge in [-0.2, -0.15) is 13.2 Å². The summed E-state index contributed by atoms with van der Waals surface area (Å²) >= 11 is 6.29. The molecule has 8 heteroatoms. The van der Waals surface area contributed by atoms with Gasteiger partial charge in [-0.15, -0.1) is 0 Å². The van der Waals surface area contributed by atoms with Crippen molar-refractivity contribution in [2.45, 2.75) is 12.3 Å². The van der Waals surface area contributed by atoms with Crippen LogP contribution in [0.2, 0.25) is 0 Å². The van der Waals surface area contributed by atoms with Gasteiger partial charge in [-0.05, 0) is 37.9 Å². The number of aliphatic hydroxyl groups excluding tert-OH is 1. The van der Waals surface area contributed by atoms with E-state index in [1.54, 1.807) is 6.07 Å². The zero-order valence-corrected chi connectivity index (χ0v) is 10.9. The van der Waals surface area contributed by atoms with Crippen LogP contribution in [0.4, 0.5) is 19.0 Å². The number of anilines is 1. The van der Waals surface area contributed by atoms with E-state index >= 15 is 0 Å². The third-order valence-corrected chi connectivity index (χ3v) is 2.69. The molecule has 0 amide bonds. The lowest BCUT2D eigenvalue weighted by Crippen LogP contribution is -2.35. The average molecular weight is 364 g/mol. The minimum absolute atomic E-state index is 0.242. The highest BCUT2D eigenvalue weighted by atomic mass is 79.9. The Bertz CT molecular complexity index is 373. The van der Waals surface area contributed by atoms with Crippen LogP contribution in [0.15, 0.2) is 21.2 Å². The van der Waals surface area contributed by atoms with Gasteiger partial charge < -0.3 is 10.4 Å². The van der Waals surface area contributed by atoms with Gasteiger partial charge in [0.2, 0.25) is 0 Å². The fourth-order valence-corrected chi connectivity index (χ4v) is 1.98. The van der Waals surface area contributed by atoms with Crippen molar-refractivity contribution in [3.05, 3.63) is 21.2 Å². The number of halogens is 5. The third-order valence-electron chi connectivity index (χ3n) is 1.65. The van der Waals surface area contributed by atoms with Crippen LogP contribution in [0, 0.1) is 0 Å². The minimum atomic E-state index is -4.63. The van der Waals surface area contributed by atoms with Crippen molar-refractivity contribution in [2.24, 2.45) is 0 Å². The van der Waals surface area contributed by atoms with Crippen molar-refractivity contribution in [1.82, 2.24) is 4.98 Å². The van der Waals surface area contributed by atoms with Crippen molar-refractivity contribution < 1.29 is 18.3 Å². The predicted molar refractivity (Wildman–Crippen MR) is 60.2 cm³/mol. The van der Waals surface area contributed by atoms with Gasteiger partial charge in [0, 0.05) is 10.7 Å². The van der Waals surface area contributed by atoms with Crippen LogP contribution < -0.4 is 5.32 Å². The van der Waals surface area contributed by atoms with E-state index in [-0.39, 0.29) is 5.82 Å². The van der Waals surface area contributed by atoms with Gasteiger partial charge >= 0.3 is 6.18 Å². The highest BCUT2D eigenvalue weighted by Crippen LogP contribution is 2.25. The first-order valence-corrected chi connectivity index (χ1v) is 5.69. The van der Waals surface area contributed by atoms with E-state index in [1.807, 2.05) is 0 Å². The maximum atomic E-state index is 12.0. The maximum Gasteiger partial charge on any atom is 0.416 e. The van der Waals surface area contributed by atoms with E-state index in [2.05, 4.69) is 42.2 Å². The monoisotopic (exact) mass is 362 g/mol. The van der Waals surface area contributed by atoms with E-state index in [0.29, 0.717) is 8.95 Å². The Labute approximate surface area is 106 Å². The van der Waals surface area contributed by atoms with Crippen molar-refractivity contribution in [1.29, 1.82) is 0 Å². The van der Waals surface area contributed by atoms with E-state index in [9.17, 15) is 13.2 Å². The zero-order chi connectivity index (χ0) is 12.3. The molecule has 1 atom stereocenters. The highest BCUT2D eigenvalue weighted by molar-refractivity contribution is 9.11.